The number of esters is 1. The number of ether oxygens (including phenoxy) is 1. The Hall–Kier alpha value is -3.12. The van der Waals surface area contributed by atoms with E-state index in [1.807, 2.05) is 31.2 Å². The fraction of sp³-hybridized carbons (Fsp3) is 0.346. The lowest BCUT2D eigenvalue weighted by atomic mass is 9.83. The molecule has 1 aliphatic rings. The number of hydrogen-bond acceptors (Lipinski definition) is 4. The van der Waals surface area contributed by atoms with Gasteiger partial charge in [-0.2, -0.15) is 0 Å². The Morgan fingerprint density at radius 1 is 1.09 bits per heavy atom. The molecule has 3 rings (SSSR count). The minimum atomic E-state index is -0.421. The van der Waals surface area contributed by atoms with Gasteiger partial charge >= 0.3 is 5.97 Å². The van der Waals surface area contributed by atoms with Crippen LogP contribution in [0.1, 0.15) is 61.0 Å². The maximum absolute atomic E-state index is 13.1. The fourth-order valence-electron chi connectivity index (χ4n) is 3.94. The molecule has 2 amide bonds. The van der Waals surface area contributed by atoms with E-state index in [1.54, 1.807) is 43.0 Å². The van der Waals surface area contributed by atoms with Crippen molar-refractivity contribution in [2.24, 2.45) is 0 Å². The lowest BCUT2D eigenvalue weighted by Gasteiger charge is -2.34. The standard InChI is InChI=1S/C26H29ClN2O4/c1-4-14-28-25(31)20-8-6-18(7-9-20)16-29-17(3)24(26(32)33-5-2)22(15-23(29)30)19-10-12-21(27)13-11-19/h6-13,22H,4-5,14-16H2,1-3H3,(H,28,31). The van der Waals surface area contributed by atoms with Crippen LogP contribution in [-0.2, 0) is 20.9 Å². The van der Waals surface area contributed by atoms with Gasteiger partial charge in [-0.25, -0.2) is 4.79 Å². The molecule has 1 aliphatic heterocycles. The van der Waals surface area contributed by atoms with E-state index in [2.05, 4.69) is 5.32 Å². The number of carbonyl (C=O) groups excluding carboxylic acids is 3. The quantitative estimate of drug-likeness (QED) is 0.563. The monoisotopic (exact) mass is 468 g/mol. The van der Waals surface area contributed by atoms with Gasteiger partial charge in [0, 0.05) is 35.2 Å². The Bertz CT molecular complexity index is 1040. The van der Waals surface area contributed by atoms with Crippen molar-refractivity contribution >= 4 is 29.4 Å². The second-order valence-corrected chi connectivity index (χ2v) is 8.40. The molecule has 0 radical (unpaired) electrons. The van der Waals surface area contributed by atoms with Gasteiger partial charge < -0.3 is 15.0 Å². The van der Waals surface area contributed by atoms with E-state index in [0.717, 1.165) is 17.5 Å². The zero-order valence-corrected chi connectivity index (χ0v) is 19.9. The van der Waals surface area contributed by atoms with Gasteiger partial charge in [-0.05, 0) is 55.7 Å². The maximum atomic E-state index is 13.1. The first-order chi connectivity index (χ1) is 15.8. The molecule has 1 heterocycles. The van der Waals surface area contributed by atoms with Crippen molar-refractivity contribution in [2.45, 2.75) is 46.1 Å². The Morgan fingerprint density at radius 2 is 1.76 bits per heavy atom. The van der Waals surface area contributed by atoms with E-state index >= 15 is 0 Å². The molecule has 174 valence electrons. The summed E-state index contributed by atoms with van der Waals surface area (Å²) < 4.78 is 5.33. The highest BCUT2D eigenvalue weighted by Gasteiger charge is 2.36. The molecule has 0 aromatic heterocycles. The number of amides is 2. The molecule has 2 aromatic rings. The fourth-order valence-corrected chi connectivity index (χ4v) is 4.07. The van der Waals surface area contributed by atoms with Crippen molar-refractivity contribution in [3.63, 3.8) is 0 Å². The molecule has 0 saturated heterocycles. The van der Waals surface area contributed by atoms with E-state index in [-0.39, 0.29) is 24.8 Å². The molecule has 7 heteroatoms. The van der Waals surface area contributed by atoms with Crippen LogP contribution in [0.4, 0.5) is 0 Å². The molecule has 1 unspecified atom stereocenters. The van der Waals surface area contributed by atoms with Gasteiger partial charge in [0.05, 0.1) is 18.7 Å². The highest BCUT2D eigenvalue weighted by atomic mass is 35.5. The predicted octanol–water partition coefficient (Wildman–Crippen LogP) is 4.83. The highest BCUT2D eigenvalue weighted by Crippen LogP contribution is 2.38. The Labute approximate surface area is 199 Å². The predicted molar refractivity (Wildman–Crippen MR) is 128 cm³/mol. The van der Waals surface area contributed by atoms with Crippen molar-refractivity contribution in [3.8, 4) is 0 Å². The molecular formula is C26H29ClN2O4. The second kappa shape index (κ2) is 11.1. The third kappa shape index (κ3) is 5.82. The maximum Gasteiger partial charge on any atom is 0.336 e. The van der Waals surface area contributed by atoms with Crippen LogP contribution in [-0.4, -0.2) is 35.8 Å². The Kier molecular flexibility index (Phi) is 8.28. The lowest BCUT2D eigenvalue weighted by Crippen LogP contribution is -2.38. The van der Waals surface area contributed by atoms with Crippen LogP contribution in [0.2, 0.25) is 5.02 Å². The number of nitrogens with one attached hydrogen (secondary N) is 1. The third-order valence-electron chi connectivity index (χ3n) is 5.68. The lowest BCUT2D eigenvalue weighted by molar-refractivity contribution is -0.140. The summed E-state index contributed by atoms with van der Waals surface area (Å²) >= 11 is 6.02. The smallest absolute Gasteiger partial charge is 0.336 e. The van der Waals surface area contributed by atoms with Gasteiger partial charge in [-0.3, -0.25) is 9.59 Å². The van der Waals surface area contributed by atoms with Crippen LogP contribution < -0.4 is 5.32 Å². The number of hydrogen-bond donors (Lipinski definition) is 1. The minimum absolute atomic E-state index is 0.0785. The molecule has 0 fully saturated rings. The van der Waals surface area contributed by atoms with Crippen LogP contribution in [0.25, 0.3) is 0 Å². The van der Waals surface area contributed by atoms with Crippen LogP contribution >= 0.6 is 11.6 Å². The van der Waals surface area contributed by atoms with Crippen molar-refractivity contribution in [1.82, 2.24) is 10.2 Å². The summed E-state index contributed by atoms with van der Waals surface area (Å²) in [6, 6.07) is 14.3. The Balaban J connectivity index is 1.89. The van der Waals surface area contributed by atoms with Gasteiger partial charge in [-0.1, -0.05) is 42.8 Å². The summed E-state index contributed by atoms with van der Waals surface area (Å²) in [6.07, 6.45) is 1.02. The zero-order valence-electron chi connectivity index (χ0n) is 19.2. The average molecular weight is 469 g/mol. The summed E-state index contributed by atoms with van der Waals surface area (Å²) in [5.41, 5.74) is 3.34. The van der Waals surface area contributed by atoms with Crippen molar-refractivity contribution in [2.75, 3.05) is 13.2 Å². The topological polar surface area (TPSA) is 75.7 Å². The van der Waals surface area contributed by atoms with E-state index in [1.165, 1.54) is 0 Å². The molecule has 0 spiro atoms. The van der Waals surface area contributed by atoms with Crippen molar-refractivity contribution in [3.05, 3.63) is 81.5 Å². The van der Waals surface area contributed by atoms with E-state index in [0.29, 0.717) is 34.9 Å². The molecule has 6 nitrogen and oxygen atoms in total. The number of nitrogens with zero attached hydrogens (tertiary/aromatic N) is 1. The third-order valence-corrected chi connectivity index (χ3v) is 5.93. The molecule has 0 aliphatic carbocycles. The number of carbonyl (C=O) groups is 3. The number of halogens is 1. The van der Waals surface area contributed by atoms with E-state index in [9.17, 15) is 14.4 Å². The summed E-state index contributed by atoms with van der Waals surface area (Å²) in [5.74, 6) is -1.01. The second-order valence-electron chi connectivity index (χ2n) is 7.96. The molecular weight excluding hydrogens is 440 g/mol. The molecule has 33 heavy (non-hydrogen) atoms. The van der Waals surface area contributed by atoms with Crippen molar-refractivity contribution in [1.29, 1.82) is 0 Å². The summed E-state index contributed by atoms with van der Waals surface area (Å²) in [7, 11) is 0. The normalized spacial score (nSPS) is 16.1. The molecule has 0 saturated carbocycles. The van der Waals surface area contributed by atoms with Crippen LogP contribution in [0.3, 0.4) is 0 Å². The van der Waals surface area contributed by atoms with Crippen molar-refractivity contribution < 1.29 is 19.1 Å². The van der Waals surface area contributed by atoms with Gasteiger partial charge in [0.15, 0.2) is 0 Å². The number of benzene rings is 2. The first-order valence-corrected chi connectivity index (χ1v) is 11.5. The summed E-state index contributed by atoms with van der Waals surface area (Å²) in [4.78, 5) is 39.8. The molecule has 0 bridgehead atoms. The molecule has 1 N–H and O–H groups in total. The summed E-state index contributed by atoms with van der Waals surface area (Å²) in [5, 5.41) is 3.44. The number of rotatable bonds is 8. The molecule has 1 atom stereocenters. The summed E-state index contributed by atoms with van der Waals surface area (Å²) in [6.45, 7) is 6.71. The van der Waals surface area contributed by atoms with Crippen LogP contribution in [0, 0.1) is 0 Å². The van der Waals surface area contributed by atoms with E-state index < -0.39 is 11.9 Å². The average Bonchev–Trinajstić information content (AvgIpc) is 2.80. The Morgan fingerprint density at radius 3 is 2.36 bits per heavy atom. The first kappa shape index (κ1) is 24.5. The van der Waals surface area contributed by atoms with Gasteiger partial charge in [-0.15, -0.1) is 0 Å². The number of allylic oxidation sites excluding steroid dienone is 1. The van der Waals surface area contributed by atoms with Gasteiger partial charge in [0.2, 0.25) is 5.91 Å². The van der Waals surface area contributed by atoms with Gasteiger partial charge in [0.1, 0.15) is 0 Å². The van der Waals surface area contributed by atoms with Crippen LogP contribution in [0.5, 0.6) is 0 Å². The zero-order chi connectivity index (χ0) is 24.0. The van der Waals surface area contributed by atoms with Gasteiger partial charge in [0.25, 0.3) is 5.91 Å². The minimum Gasteiger partial charge on any atom is -0.463 e. The molecule has 2 aromatic carbocycles. The first-order valence-electron chi connectivity index (χ1n) is 11.2. The van der Waals surface area contributed by atoms with E-state index in [4.69, 9.17) is 16.3 Å². The highest BCUT2D eigenvalue weighted by molar-refractivity contribution is 6.30. The largest absolute Gasteiger partial charge is 0.463 e. The van der Waals surface area contributed by atoms with Crippen LogP contribution in [0.15, 0.2) is 59.8 Å². The SMILES string of the molecule is CCCNC(=O)c1ccc(CN2C(=O)CC(c3ccc(Cl)cc3)C(C(=O)OCC)=C2C)cc1.